The Hall–Kier alpha value is -2.58. The number of benzene rings is 1. The van der Waals surface area contributed by atoms with Crippen LogP contribution < -0.4 is 14.8 Å². The van der Waals surface area contributed by atoms with Gasteiger partial charge in [-0.2, -0.15) is 0 Å². The molecule has 1 rings (SSSR count). The van der Waals surface area contributed by atoms with E-state index in [0.717, 1.165) is 41.7 Å². The van der Waals surface area contributed by atoms with E-state index in [2.05, 4.69) is 5.32 Å². The normalized spacial score (nSPS) is 12.8. The van der Waals surface area contributed by atoms with Gasteiger partial charge in [-0.05, 0) is 56.9 Å². The molecule has 2 N–H and O–H groups in total. The second-order valence-electron chi connectivity index (χ2n) is 7.27. The predicted molar refractivity (Wildman–Crippen MR) is 123 cm³/mol. The van der Waals surface area contributed by atoms with E-state index in [4.69, 9.17) is 14.6 Å². The number of hydrogen-bond acceptors (Lipinski definition) is 6. The van der Waals surface area contributed by atoms with Gasteiger partial charge in [-0.25, -0.2) is 8.42 Å². The number of rotatable bonds is 13. The van der Waals surface area contributed by atoms with Crippen molar-refractivity contribution in [2.75, 3.05) is 33.1 Å². The number of carbonyl (C=O) groups is 1. The monoisotopic (exact) mass is 451 g/mol. The maximum absolute atomic E-state index is 11.6. The van der Waals surface area contributed by atoms with Gasteiger partial charge in [0.1, 0.15) is 6.61 Å². The van der Waals surface area contributed by atoms with Crippen molar-refractivity contribution >= 4 is 15.7 Å². The van der Waals surface area contributed by atoms with Crippen molar-refractivity contribution in [2.24, 2.45) is 0 Å². The molecule has 0 aliphatic rings. The highest BCUT2D eigenvalue weighted by Crippen LogP contribution is 2.28. The number of carbonyl (C=O) groups excluding carboxylic acids is 1. The van der Waals surface area contributed by atoms with E-state index < -0.39 is 15.7 Å². The minimum absolute atomic E-state index is 0.0915. The zero-order chi connectivity index (χ0) is 23.3. The summed E-state index contributed by atoms with van der Waals surface area (Å²) < 4.78 is 33.3. The van der Waals surface area contributed by atoms with Gasteiger partial charge in [-0.15, -0.1) is 0 Å². The Morgan fingerprint density at radius 1 is 1.16 bits per heavy atom. The van der Waals surface area contributed by atoms with Gasteiger partial charge < -0.3 is 19.9 Å². The highest BCUT2D eigenvalue weighted by Gasteiger charge is 2.06. The lowest BCUT2D eigenvalue weighted by atomic mass is 10.1. The van der Waals surface area contributed by atoms with E-state index in [1.54, 1.807) is 7.11 Å². The van der Waals surface area contributed by atoms with Crippen LogP contribution in [-0.2, 0) is 21.1 Å². The first-order valence-electron chi connectivity index (χ1n) is 10.0. The minimum Gasteiger partial charge on any atom is -0.493 e. The van der Waals surface area contributed by atoms with E-state index in [1.807, 2.05) is 44.2 Å². The fourth-order valence-corrected chi connectivity index (χ4v) is 2.92. The van der Waals surface area contributed by atoms with Crippen molar-refractivity contribution in [3.8, 4) is 11.5 Å². The number of allylic oxidation sites excluding steroid dienone is 2. The summed E-state index contributed by atoms with van der Waals surface area (Å²) in [5.74, 6) is 0.779. The van der Waals surface area contributed by atoms with Gasteiger partial charge in [0.15, 0.2) is 21.3 Å². The minimum atomic E-state index is -3.32. The maximum Gasteiger partial charge on any atom is 0.244 e. The molecule has 0 saturated heterocycles. The molecule has 1 aromatic rings. The summed E-state index contributed by atoms with van der Waals surface area (Å²) in [6, 6.07) is 5.58. The van der Waals surface area contributed by atoms with Crippen LogP contribution in [0.25, 0.3) is 0 Å². The molecule has 0 atom stereocenters. The van der Waals surface area contributed by atoms with Crippen LogP contribution in [0.3, 0.4) is 0 Å². The molecule has 0 spiro atoms. The summed E-state index contributed by atoms with van der Waals surface area (Å²) in [6.07, 6.45) is 8.44. The van der Waals surface area contributed by atoms with Crippen LogP contribution in [0, 0.1) is 0 Å². The lowest BCUT2D eigenvalue weighted by Gasteiger charge is -2.12. The largest absolute Gasteiger partial charge is 0.493 e. The van der Waals surface area contributed by atoms with Gasteiger partial charge in [0.05, 0.1) is 13.7 Å². The first-order valence-corrected chi connectivity index (χ1v) is 12.0. The molecule has 1 aromatic carbocycles. The molecule has 7 nitrogen and oxygen atoms in total. The van der Waals surface area contributed by atoms with E-state index in [1.165, 1.54) is 5.57 Å². The molecule has 1 amide bonds. The Labute approximate surface area is 185 Å². The molecular weight excluding hydrogens is 418 g/mol. The fourth-order valence-electron chi connectivity index (χ4n) is 2.55. The molecule has 172 valence electrons. The molecule has 8 heteroatoms. The highest BCUT2D eigenvalue weighted by atomic mass is 32.2. The molecule has 0 unspecified atom stereocenters. The zero-order valence-corrected chi connectivity index (χ0v) is 19.5. The summed E-state index contributed by atoms with van der Waals surface area (Å²) in [7, 11) is -1.75. The van der Waals surface area contributed by atoms with Crippen molar-refractivity contribution in [3.63, 3.8) is 0 Å². The number of aliphatic hydroxyl groups is 1. The first-order chi connectivity index (χ1) is 14.6. The van der Waals surface area contributed by atoms with Gasteiger partial charge in [0.2, 0.25) is 5.91 Å². The van der Waals surface area contributed by atoms with Crippen LogP contribution in [0.1, 0.15) is 32.3 Å². The highest BCUT2D eigenvalue weighted by molar-refractivity contribution is 7.93. The second-order valence-corrected chi connectivity index (χ2v) is 9.20. The van der Waals surface area contributed by atoms with Crippen LogP contribution in [0.4, 0.5) is 0 Å². The fraction of sp³-hybridized carbons (Fsp3) is 0.435. The third kappa shape index (κ3) is 12.0. The molecule has 0 aliphatic heterocycles. The molecule has 0 fully saturated rings. The summed E-state index contributed by atoms with van der Waals surface area (Å²) in [5.41, 5.74) is 3.13. The molecule has 0 heterocycles. The Morgan fingerprint density at radius 3 is 2.55 bits per heavy atom. The van der Waals surface area contributed by atoms with Crippen LogP contribution in [-0.4, -0.2) is 52.6 Å². The topological polar surface area (TPSA) is 102 Å². The predicted octanol–water partition coefficient (Wildman–Crippen LogP) is 2.96. The molecular formula is C23H33NO6S. The van der Waals surface area contributed by atoms with E-state index in [0.29, 0.717) is 31.1 Å². The number of hydrogen-bond donors (Lipinski definition) is 2. The number of aliphatic hydroxyl groups excluding tert-OH is 1. The number of amides is 1. The van der Waals surface area contributed by atoms with E-state index in [9.17, 15) is 13.2 Å². The second kappa shape index (κ2) is 13.7. The van der Waals surface area contributed by atoms with Gasteiger partial charge in [0.25, 0.3) is 0 Å². The van der Waals surface area contributed by atoms with Crippen LogP contribution in [0.2, 0.25) is 0 Å². The van der Waals surface area contributed by atoms with Crippen LogP contribution in [0.15, 0.2) is 53.0 Å². The summed E-state index contributed by atoms with van der Waals surface area (Å²) in [6.45, 7) is 4.83. The third-order valence-electron chi connectivity index (χ3n) is 4.36. The SMILES string of the molecule is COc1cc(CCNC(=O)/C=C/S(C)(=O)=O)ccc1OC/C=C(\C)CC/C=C(\C)CO. The lowest BCUT2D eigenvalue weighted by molar-refractivity contribution is -0.116. The van der Waals surface area contributed by atoms with E-state index in [-0.39, 0.29) is 6.61 Å². The summed E-state index contributed by atoms with van der Waals surface area (Å²) in [5, 5.41) is 12.5. The number of sulfone groups is 1. The quantitative estimate of drug-likeness (QED) is 0.353. The van der Waals surface area contributed by atoms with Crippen molar-refractivity contribution in [3.05, 3.63) is 58.5 Å². The molecule has 0 radical (unpaired) electrons. The Balaban J connectivity index is 2.54. The van der Waals surface area contributed by atoms with Crippen molar-refractivity contribution in [1.29, 1.82) is 0 Å². The Morgan fingerprint density at radius 2 is 1.90 bits per heavy atom. The van der Waals surface area contributed by atoms with Gasteiger partial charge >= 0.3 is 0 Å². The average molecular weight is 452 g/mol. The van der Waals surface area contributed by atoms with Crippen molar-refractivity contribution in [2.45, 2.75) is 33.1 Å². The van der Waals surface area contributed by atoms with Crippen molar-refractivity contribution in [1.82, 2.24) is 5.32 Å². The Bertz CT molecular complexity index is 916. The van der Waals surface area contributed by atoms with Gasteiger partial charge in [-0.3, -0.25) is 4.79 Å². The number of ether oxygens (including phenoxy) is 2. The standard InChI is InChI=1S/C23H33NO6S/c1-18(6-5-7-19(2)17-25)11-14-30-21-9-8-20(16-22(21)29-3)10-13-24-23(26)12-15-31(4,27)28/h7-9,11-12,15-16,25H,5-6,10,13-14,17H2,1-4H3,(H,24,26)/b15-12+,18-11+,19-7+. The van der Waals surface area contributed by atoms with Crippen LogP contribution >= 0.6 is 0 Å². The average Bonchev–Trinajstić information content (AvgIpc) is 2.72. The summed E-state index contributed by atoms with van der Waals surface area (Å²) >= 11 is 0. The zero-order valence-electron chi connectivity index (χ0n) is 18.7. The smallest absolute Gasteiger partial charge is 0.244 e. The van der Waals surface area contributed by atoms with E-state index >= 15 is 0 Å². The molecule has 0 aliphatic carbocycles. The molecule has 0 saturated carbocycles. The number of methoxy groups -OCH3 is 1. The van der Waals surface area contributed by atoms with Gasteiger partial charge in [0, 0.05) is 24.3 Å². The molecule has 0 aromatic heterocycles. The van der Waals surface area contributed by atoms with Gasteiger partial charge in [-0.1, -0.05) is 23.3 Å². The summed E-state index contributed by atoms with van der Waals surface area (Å²) in [4.78, 5) is 11.6. The lowest BCUT2D eigenvalue weighted by Crippen LogP contribution is -2.23. The third-order valence-corrected chi connectivity index (χ3v) is 4.99. The van der Waals surface area contributed by atoms with Crippen molar-refractivity contribution < 1.29 is 27.8 Å². The molecule has 0 bridgehead atoms. The number of nitrogens with one attached hydrogen (secondary N) is 1. The van der Waals surface area contributed by atoms with Crippen LogP contribution in [0.5, 0.6) is 11.5 Å². The Kier molecular flexibility index (Phi) is 11.7. The maximum atomic E-state index is 11.6. The molecule has 31 heavy (non-hydrogen) atoms. The first kappa shape index (κ1) is 26.5.